The first-order chi connectivity index (χ1) is 12.3. The van der Waals surface area contributed by atoms with E-state index in [0.29, 0.717) is 0 Å². The monoisotopic (exact) mass is 357 g/mol. The third-order valence-corrected chi connectivity index (χ3v) is 6.68. The van der Waals surface area contributed by atoms with E-state index < -0.39 is 0 Å². The molecule has 1 spiro atoms. The molecular weight excluding hydrogens is 330 g/mol. The fraction of sp³-hybridized carbons (Fsp3) is 0.524. The Bertz CT molecular complexity index is 686. The topological polar surface area (TPSA) is 21.7 Å². The molecule has 3 nitrogen and oxygen atoms in total. The summed E-state index contributed by atoms with van der Waals surface area (Å²) in [6.07, 6.45) is 4.53. The zero-order chi connectivity index (χ0) is 17.1. The molecule has 25 heavy (non-hydrogen) atoms. The number of nitrogens with zero attached hydrogens (tertiary/aromatic N) is 1. The lowest BCUT2D eigenvalue weighted by molar-refractivity contribution is -0.179. The first-order valence-electron chi connectivity index (χ1n) is 9.32. The van der Waals surface area contributed by atoms with Crippen LogP contribution in [-0.4, -0.2) is 44.4 Å². The van der Waals surface area contributed by atoms with Gasteiger partial charge in [-0.3, -0.25) is 0 Å². The van der Waals surface area contributed by atoms with Crippen LogP contribution in [0.3, 0.4) is 0 Å². The number of rotatable bonds is 5. The van der Waals surface area contributed by atoms with Gasteiger partial charge in [0.2, 0.25) is 0 Å². The fourth-order valence-corrected chi connectivity index (χ4v) is 5.30. The molecule has 0 N–H and O–H groups in total. The predicted molar refractivity (Wildman–Crippen MR) is 102 cm³/mol. The average molecular weight is 358 g/mol. The van der Waals surface area contributed by atoms with E-state index in [-0.39, 0.29) is 11.7 Å². The smallest absolute Gasteiger partial charge is 0.123 e. The van der Waals surface area contributed by atoms with Crippen molar-refractivity contribution in [3.8, 4) is 0 Å². The lowest BCUT2D eigenvalue weighted by Gasteiger charge is -2.48. The van der Waals surface area contributed by atoms with Gasteiger partial charge in [0.25, 0.3) is 0 Å². The number of fused-ring (bicyclic) bond motifs is 2. The Balaban J connectivity index is 1.39. The molecule has 1 aromatic heterocycles. The number of ether oxygens (including phenoxy) is 2. The molecule has 1 aromatic carbocycles. The highest BCUT2D eigenvalue weighted by Gasteiger charge is 2.48. The molecule has 0 saturated carbocycles. The molecule has 2 aliphatic rings. The largest absolute Gasteiger partial charge is 0.377 e. The minimum Gasteiger partial charge on any atom is -0.377 e. The van der Waals surface area contributed by atoms with Crippen molar-refractivity contribution in [2.45, 2.75) is 37.4 Å². The molecule has 134 valence electrons. The van der Waals surface area contributed by atoms with Crippen LogP contribution in [-0.2, 0) is 27.9 Å². The van der Waals surface area contributed by atoms with Gasteiger partial charge in [-0.25, -0.2) is 0 Å². The van der Waals surface area contributed by atoms with E-state index in [0.717, 1.165) is 45.5 Å². The summed E-state index contributed by atoms with van der Waals surface area (Å²) in [5, 5.41) is 2.21. The van der Waals surface area contributed by atoms with Crippen LogP contribution >= 0.6 is 11.3 Å². The van der Waals surface area contributed by atoms with Gasteiger partial charge in [-0.1, -0.05) is 30.3 Å². The molecule has 0 bridgehead atoms. The van der Waals surface area contributed by atoms with Crippen molar-refractivity contribution < 1.29 is 9.47 Å². The minimum absolute atomic E-state index is 0.117. The van der Waals surface area contributed by atoms with Crippen LogP contribution in [0.2, 0.25) is 0 Å². The van der Waals surface area contributed by atoms with Crippen molar-refractivity contribution in [1.82, 2.24) is 4.90 Å². The zero-order valence-electron chi connectivity index (χ0n) is 14.9. The Morgan fingerprint density at radius 1 is 1.28 bits per heavy atom. The van der Waals surface area contributed by atoms with Gasteiger partial charge in [-0.15, -0.1) is 11.3 Å². The molecule has 3 heterocycles. The van der Waals surface area contributed by atoms with Crippen molar-refractivity contribution in [3.63, 3.8) is 0 Å². The van der Waals surface area contributed by atoms with Gasteiger partial charge in [0.05, 0.1) is 6.61 Å². The van der Waals surface area contributed by atoms with Crippen LogP contribution in [0.5, 0.6) is 0 Å². The van der Waals surface area contributed by atoms with Crippen molar-refractivity contribution in [2.75, 3.05) is 33.4 Å². The highest BCUT2D eigenvalue weighted by atomic mass is 32.1. The second-order valence-corrected chi connectivity index (χ2v) is 8.11. The third kappa shape index (κ3) is 3.41. The Morgan fingerprint density at radius 2 is 2.16 bits per heavy atom. The van der Waals surface area contributed by atoms with Gasteiger partial charge in [-0.2, -0.15) is 0 Å². The summed E-state index contributed by atoms with van der Waals surface area (Å²) in [6, 6.07) is 13.0. The minimum atomic E-state index is -0.224. The van der Waals surface area contributed by atoms with E-state index in [2.05, 4.69) is 46.7 Å². The first-order valence-corrected chi connectivity index (χ1v) is 10.2. The molecule has 2 aromatic rings. The van der Waals surface area contributed by atoms with Gasteiger partial charge in [0.15, 0.2) is 0 Å². The van der Waals surface area contributed by atoms with Gasteiger partial charge < -0.3 is 14.4 Å². The van der Waals surface area contributed by atoms with Gasteiger partial charge >= 0.3 is 0 Å². The maximum absolute atomic E-state index is 6.37. The van der Waals surface area contributed by atoms with Crippen molar-refractivity contribution in [2.24, 2.45) is 0 Å². The standard InChI is InChI=1S/C21H27NO2S/c1-23-20-16-22(12-5-8-17-6-3-2-4-7-17)13-11-21(20)18-10-15-25-19(18)9-14-24-21/h2-4,6-7,10,15,20H,5,8-9,11-14,16H2,1H3. The van der Waals surface area contributed by atoms with Crippen LogP contribution < -0.4 is 0 Å². The lowest BCUT2D eigenvalue weighted by Crippen LogP contribution is -2.57. The van der Waals surface area contributed by atoms with Crippen molar-refractivity contribution in [1.29, 1.82) is 0 Å². The first kappa shape index (κ1) is 17.2. The van der Waals surface area contributed by atoms with Gasteiger partial charge in [0.1, 0.15) is 11.7 Å². The number of likely N-dealkylation sites (tertiary alicyclic amines) is 1. The summed E-state index contributed by atoms with van der Waals surface area (Å²) in [6.45, 7) is 3.99. The quantitative estimate of drug-likeness (QED) is 0.811. The van der Waals surface area contributed by atoms with Crippen LogP contribution in [0.4, 0.5) is 0 Å². The van der Waals surface area contributed by atoms with Crippen LogP contribution in [0.25, 0.3) is 0 Å². The van der Waals surface area contributed by atoms with Gasteiger partial charge in [-0.05, 0) is 42.8 Å². The summed E-state index contributed by atoms with van der Waals surface area (Å²) in [5.41, 5.74) is 2.59. The summed E-state index contributed by atoms with van der Waals surface area (Å²) >= 11 is 1.87. The Hall–Kier alpha value is -1.20. The fourth-order valence-electron chi connectivity index (χ4n) is 4.37. The number of hydrogen-bond acceptors (Lipinski definition) is 4. The highest BCUT2D eigenvalue weighted by Crippen LogP contribution is 2.44. The van der Waals surface area contributed by atoms with Crippen LogP contribution in [0, 0.1) is 0 Å². The van der Waals surface area contributed by atoms with E-state index in [1.165, 1.54) is 22.4 Å². The maximum atomic E-state index is 6.37. The number of benzene rings is 1. The van der Waals surface area contributed by atoms with Gasteiger partial charge in [0, 0.05) is 37.1 Å². The molecule has 1 fully saturated rings. The summed E-state index contributed by atoms with van der Waals surface area (Å²) < 4.78 is 12.3. The molecule has 0 amide bonds. The van der Waals surface area contributed by atoms with Crippen molar-refractivity contribution >= 4 is 11.3 Å². The molecule has 4 rings (SSSR count). The van der Waals surface area contributed by atoms with E-state index >= 15 is 0 Å². The second kappa shape index (κ2) is 7.58. The van der Waals surface area contributed by atoms with Crippen molar-refractivity contribution in [3.05, 3.63) is 57.8 Å². The Morgan fingerprint density at radius 3 is 3.00 bits per heavy atom. The third-order valence-electron chi connectivity index (χ3n) is 5.70. The molecule has 2 unspecified atom stereocenters. The van der Waals surface area contributed by atoms with E-state index in [4.69, 9.17) is 9.47 Å². The number of hydrogen-bond donors (Lipinski definition) is 0. The molecule has 0 radical (unpaired) electrons. The van der Waals surface area contributed by atoms with E-state index in [1.54, 1.807) is 0 Å². The van der Waals surface area contributed by atoms with E-state index in [9.17, 15) is 0 Å². The number of aryl methyl sites for hydroxylation is 1. The molecule has 1 saturated heterocycles. The van der Waals surface area contributed by atoms with Crippen LogP contribution in [0.1, 0.15) is 28.8 Å². The maximum Gasteiger partial charge on any atom is 0.123 e. The lowest BCUT2D eigenvalue weighted by atomic mass is 9.80. The summed E-state index contributed by atoms with van der Waals surface area (Å²) in [7, 11) is 1.84. The average Bonchev–Trinajstić information content (AvgIpc) is 3.14. The molecule has 2 atom stereocenters. The highest BCUT2D eigenvalue weighted by molar-refractivity contribution is 7.10. The van der Waals surface area contributed by atoms with E-state index in [1.807, 2.05) is 18.4 Å². The molecule has 2 aliphatic heterocycles. The number of piperidine rings is 1. The second-order valence-electron chi connectivity index (χ2n) is 7.11. The Labute approximate surface area is 154 Å². The predicted octanol–water partition coefficient (Wildman–Crippen LogP) is 3.87. The normalized spacial score (nSPS) is 26.7. The Kier molecular flexibility index (Phi) is 5.23. The summed E-state index contributed by atoms with van der Waals surface area (Å²) in [4.78, 5) is 4.04. The summed E-state index contributed by atoms with van der Waals surface area (Å²) in [5.74, 6) is 0. The van der Waals surface area contributed by atoms with Crippen LogP contribution in [0.15, 0.2) is 41.8 Å². The number of methoxy groups -OCH3 is 1. The number of thiophene rings is 1. The molecule has 4 heteroatoms. The SMILES string of the molecule is COC1CN(CCCc2ccccc2)CCC12OCCc1sccc12. The molecule has 0 aliphatic carbocycles. The molecular formula is C21H27NO2S. The zero-order valence-corrected chi connectivity index (χ0v) is 15.8.